The van der Waals surface area contributed by atoms with Gasteiger partial charge in [0.2, 0.25) is 11.8 Å². The van der Waals surface area contributed by atoms with Crippen LogP contribution < -0.4 is 5.32 Å². The summed E-state index contributed by atoms with van der Waals surface area (Å²) in [6.45, 7) is 6.98. The second-order valence-corrected chi connectivity index (χ2v) is 6.36. The molecule has 0 aromatic rings. The summed E-state index contributed by atoms with van der Waals surface area (Å²) >= 11 is 0. The number of carbonyl (C=O) groups excluding carboxylic acids is 3. The number of nitrogens with one attached hydrogen (secondary N) is 1. The molecule has 6 nitrogen and oxygen atoms in total. The van der Waals surface area contributed by atoms with Gasteiger partial charge in [-0.15, -0.1) is 0 Å². The Morgan fingerprint density at radius 2 is 1.79 bits per heavy atom. The van der Waals surface area contributed by atoms with Crippen molar-refractivity contribution in [3.63, 3.8) is 0 Å². The van der Waals surface area contributed by atoms with E-state index < -0.39 is 23.3 Å². The van der Waals surface area contributed by atoms with Gasteiger partial charge in [-0.1, -0.05) is 13.8 Å². The number of imide groups is 2. The van der Waals surface area contributed by atoms with Crippen LogP contribution in [0, 0.1) is 10.8 Å². The van der Waals surface area contributed by atoms with Gasteiger partial charge in [0.1, 0.15) is 5.41 Å². The Morgan fingerprint density at radius 1 is 1.21 bits per heavy atom. The van der Waals surface area contributed by atoms with Crippen LogP contribution in [0.5, 0.6) is 0 Å². The molecule has 0 spiro atoms. The maximum absolute atomic E-state index is 12.4. The molecule has 1 saturated heterocycles. The molecule has 0 bridgehead atoms. The molecule has 0 radical (unpaired) electrons. The van der Waals surface area contributed by atoms with Crippen molar-refractivity contribution in [3.8, 4) is 0 Å². The van der Waals surface area contributed by atoms with E-state index in [4.69, 9.17) is 4.74 Å². The Morgan fingerprint density at radius 3 is 2.26 bits per heavy atom. The van der Waals surface area contributed by atoms with E-state index in [1.807, 2.05) is 13.8 Å². The van der Waals surface area contributed by atoms with Gasteiger partial charge in [-0.3, -0.25) is 19.8 Å². The molecule has 0 aromatic carbocycles. The van der Waals surface area contributed by atoms with Crippen molar-refractivity contribution in [2.45, 2.75) is 46.3 Å². The van der Waals surface area contributed by atoms with Gasteiger partial charge in [0.25, 0.3) is 0 Å². The number of carbonyl (C=O) groups is 3. The molecular weight excluding hydrogens is 248 g/mol. The van der Waals surface area contributed by atoms with Crippen molar-refractivity contribution >= 4 is 17.8 Å². The van der Waals surface area contributed by atoms with E-state index in [9.17, 15) is 14.4 Å². The summed E-state index contributed by atoms with van der Waals surface area (Å²) in [4.78, 5) is 37.2. The van der Waals surface area contributed by atoms with Crippen LogP contribution in [0.2, 0.25) is 0 Å². The molecule has 19 heavy (non-hydrogen) atoms. The second kappa shape index (κ2) is 4.03. The van der Waals surface area contributed by atoms with Gasteiger partial charge in [-0.25, -0.2) is 4.79 Å². The van der Waals surface area contributed by atoms with Crippen LogP contribution in [0.3, 0.4) is 0 Å². The zero-order valence-electron chi connectivity index (χ0n) is 11.9. The summed E-state index contributed by atoms with van der Waals surface area (Å²) in [5, 5.41) is 2.26. The lowest BCUT2D eigenvalue weighted by Crippen LogP contribution is -2.71. The zero-order valence-corrected chi connectivity index (χ0v) is 11.9. The van der Waals surface area contributed by atoms with Crippen LogP contribution >= 0.6 is 0 Å². The van der Waals surface area contributed by atoms with E-state index >= 15 is 0 Å². The van der Waals surface area contributed by atoms with Gasteiger partial charge >= 0.3 is 6.03 Å². The van der Waals surface area contributed by atoms with Gasteiger partial charge in [-0.2, -0.15) is 0 Å². The molecule has 2 fully saturated rings. The molecule has 2 unspecified atom stereocenters. The molecule has 4 amide bonds. The Kier molecular flexibility index (Phi) is 2.97. The maximum atomic E-state index is 12.4. The van der Waals surface area contributed by atoms with Gasteiger partial charge < -0.3 is 4.74 Å². The Hall–Kier alpha value is -1.43. The number of methoxy groups -OCH3 is 1. The van der Waals surface area contributed by atoms with E-state index in [1.54, 1.807) is 7.11 Å². The number of urea groups is 1. The van der Waals surface area contributed by atoms with E-state index in [0.29, 0.717) is 6.42 Å². The number of barbiturate groups is 1. The van der Waals surface area contributed by atoms with E-state index in [0.717, 1.165) is 0 Å². The third-order valence-corrected chi connectivity index (χ3v) is 4.48. The maximum Gasteiger partial charge on any atom is 0.331 e. The molecule has 6 heteroatoms. The average Bonchev–Trinajstić information content (AvgIpc) is 2.30. The zero-order chi connectivity index (χ0) is 14.6. The van der Waals surface area contributed by atoms with Crippen molar-refractivity contribution in [2.75, 3.05) is 7.11 Å². The highest BCUT2D eigenvalue weighted by molar-refractivity contribution is 6.18. The highest BCUT2D eigenvalue weighted by atomic mass is 16.5. The van der Waals surface area contributed by atoms with Crippen LogP contribution in [0.25, 0.3) is 0 Å². The lowest BCUT2D eigenvalue weighted by molar-refractivity contribution is -0.167. The SMILES string of the molecule is COC1CC(N2C(=O)NC(=O)C(C)(C)C2=O)C1(C)C. The fourth-order valence-electron chi connectivity index (χ4n) is 2.79. The first kappa shape index (κ1) is 14.0. The third kappa shape index (κ3) is 1.77. The largest absolute Gasteiger partial charge is 0.381 e. The van der Waals surface area contributed by atoms with Crippen LogP contribution in [-0.2, 0) is 14.3 Å². The minimum absolute atomic E-state index is 0.0128. The molecule has 106 valence electrons. The number of hydrogen-bond acceptors (Lipinski definition) is 4. The van der Waals surface area contributed by atoms with Gasteiger partial charge in [0, 0.05) is 12.5 Å². The monoisotopic (exact) mass is 268 g/mol. The van der Waals surface area contributed by atoms with Crippen molar-refractivity contribution in [3.05, 3.63) is 0 Å². The van der Waals surface area contributed by atoms with Crippen molar-refractivity contribution in [1.82, 2.24) is 10.2 Å². The fraction of sp³-hybridized carbons (Fsp3) is 0.769. The Labute approximate surface area is 112 Å². The first-order valence-corrected chi connectivity index (χ1v) is 6.36. The lowest BCUT2D eigenvalue weighted by atomic mass is 9.63. The van der Waals surface area contributed by atoms with Gasteiger partial charge in [0.05, 0.1) is 12.1 Å². The molecule has 1 heterocycles. The minimum atomic E-state index is -1.21. The molecule has 0 aromatic heterocycles. The lowest BCUT2D eigenvalue weighted by Gasteiger charge is -2.56. The molecule has 2 rings (SSSR count). The predicted molar refractivity (Wildman–Crippen MR) is 67.1 cm³/mol. The van der Waals surface area contributed by atoms with Crippen molar-refractivity contribution in [2.24, 2.45) is 10.8 Å². The summed E-state index contributed by atoms with van der Waals surface area (Å²) in [6.07, 6.45) is 0.617. The molecule has 1 aliphatic carbocycles. The Bertz CT molecular complexity index is 456. The molecule has 1 aliphatic heterocycles. The molecular formula is C13H20N2O4. The highest BCUT2D eigenvalue weighted by Gasteiger charge is 2.58. The first-order chi connectivity index (χ1) is 8.64. The number of hydrogen-bond donors (Lipinski definition) is 1. The fourth-order valence-corrected chi connectivity index (χ4v) is 2.79. The number of rotatable bonds is 2. The Balaban J connectivity index is 2.28. The molecule has 2 atom stereocenters. The topological polar surface area (TPSA) is 75.7 Å². The smallest absolute Gasteiger partial charge is 0.331 e. The predicted octanol–water partition coefficient (Wildman–Crippen LogP) is 0.904. The third-order valence-electron chi connectivity index (χ3n) is 4.48. The normalized spacial score (nSPS) is 32.9. The number of ether oxygens (including phenoxy) is 1. The van der Waals surface area contributed by atoms with Crippen LogP contribution in [0.1, 0.15) is 34.1 Å². The standard InChI is InChI=1S/C13H20N2O4/c1-12(2)7(6-8(12)19-5)15-10(17)13(3,4)9(16)14-11(15)18/h7-8H,6H2,1-5H3,(H,14,16,18). The summed E-state index contributed by atoms with van der Waals surface area (Å²) in [5.74, 6) is -0.979. The van der Waals surface area contributed by atoms with Gasteiger partial charge in [-0.05, 0) is 20.3 Å². The minimum Gasteiger partial charge on any atom is -0.381 e. The second-order valence-electron chi connectivity index (χ2n) is 6.36. The summed E-state index contributed by atoms with van der Waals surface area (Å²) in [7, 11) is 1.62. The molecule has 2 aliphatic rings. The van der Waals surface area contributed by atoms with Crippen LogP contribution in [0.15, 0.2) is 0 Å². The van der Waals surface area contributed by atoms with Gasteiger partial charge in [0.15, 0.2) is 0 Å². The van der Waals surface area contributed by atoms with E-state index in [-0.39, 0.29) is 17.6 Å². The summed E-state index contributed by atoms with van der Waals surface area (Å²) < 4.78 is 5.33. The highest BCUT2D eigenvalue weighted by Crippen LogP contribution is 2.47. The van der Waals surface area contributed by atoms with Crippen molar-refractivity contribution in [1.29, 1.82) is 0 Å². The molecule has 1 saturated carbocycles. The summed E-state index contributed by atoms with van der Waals surface area (Å²) in [6, 6.07) is -0.862. The van der Waals surface area contributed by atoms with E-state index in [1.165, 1.54) is 18.7 Å². The first-order valence-electron chi connectivity index (χ1n) is 6.36. The van der Waals surface area contributed by atoms with E-state index in [2.05, 4.69) is 5.32 Å². The summed E-state index contributed by atoms with van der Waals surface area (Å²) in [5.41, 5.74) is -1.51. The van der Waals surface area contributed by atoms with Crippen LogP contribution in [-0.4, -0.2) is 42.0 Å². The molecule has 1 N–H and O–H groups in total. The number of amides is 4. The average molecular weight is 268 g/mol. The van der Waals surface area contributed by atoms with Crippen LogP contribution in [0.4, 0.5) is 4.79 Å². The number of nitrogens with zero attached hydrogens (tertiary/aromatic N) is 1. The van der Waals surface area contributed by atoms with Crippen molar-refractivity contribution < 1.29 is 19.1 Å². The quantitative estimate of drug-likeness (QED) is 0.755.